The number of methoxy groups -OCH3 is 1. The summed E-state index contributed by atoms with van der Waals surface area (Å²) in [6.45, 7) is 1.72. The standard InChI is InChI=1S/C15H21N3O2/c1-19-13-7-4-6-12-14(13)17-15(16)18(12)9-8-11-5-2-3-10-20-11/h4,6-7,11H,2-3,5,8-10H2,1H3,(H2,16,17). The quantitative estimate of drug-likeness (QED) is 0.931. The Kier molecular flexibility index (Phi) is 3.78. The van der Waals surface area contributed by atoms with Crippen molar-refractivity contribution in [2.24, 2.45) is 0 Å². The lowest BCUT2D eigenvalue weighted by Crippen LogP contribution is -2.21. The normalized spacial score (nSPS) is 19.4. The molecule has 1 aliphatic heterocycles. The highest BCUT2D eigenvalue weighted by molar-refractivity contribution is 5.84. The van der Waals surface area contributed by atoms with E-state index in [1.807, 2.05) is 18.2 Å². The number of nitrogen functional groups attached to an aromatic ring is 1. The van der Waals surface area contributed by atoms with Crippen LogP contribution in [0.15, 0.2) is 18.2 Å². The number of nitrogens with two attached hydrogens (primary N) is 1. The minimum atomic E-state index is 0.353. The van der Waals surface area contributed by atoms with Gasteiger partial charge in [0.1, 0.15) is 11.3 Å². The Hall–Kier alpha value is -1.75. The van der Waals surface area contributed by atoms with E-state index in [0.717, 1.165) is 42.8 Å². The molecule has 1 unspecified atom stereocenters. The molecule has 2 aromatic rings. The molecule has 5 nitrogen and oxygen atoms in total. The van der Waals surface area contributed by atoms with E-state index in [0.29, 0.717) is 12.1 Å². The van der Waals surface area contributed by atoms with Crippen LogP contribution in [-0.2, 0) is 11.3 Å². The van der Waals surface area contributed by atoms with Crippen LogP contribution in [0.3, 0.4) is 0 Å². The van der Waals surface area contributed by atoms with Gasteiger partial charge in [-0.15, -0.1) is 0 Å². The lowest BCUT2D eigenvalue weighted by Gasteiger charge is -2.22. The zero-order chi connectivity index (χ0) is 13.9. The maximum Gasteiger partial charge on any atom is 0.201 e. The molecule has 0 bridgehead atoms. The van der Waals surface area contributed by atoms with Crippen LogP contribution in [0, 0.1) is 0 Å². The Morgan fingerprint density at radius 3 is 3.10 bits per heavy atom. The first kappa shape index (κ1) is 13.2. The molecule has 1 aliphatic rings. The van der Waals surface area contributed by atoms with E-state index in [1.165, 1.54) is 12.8 Å². The third kappa shape index (κ3) is 2.45. The molecule has 1 fully saturated rings. The van der Waals surface area contributed by atoms with Crippen molar-refractivity contribution in [3.05, 3.63) is 18.2 Å². The van der Waals surface area contributed by atoms with E-state index in [9.17, 15) is 0 Å². The molecule has 1 aromatic carbocycles. The molecule has 0 saturated carbocycles. The number of aryl methyl sites for hydroxylation is 1. The highest BCUT2D eigenvalue weighted by Crippen LogP contribution is 2.27. The van der Waals surface area contributed by atoms with Gasteiger partial charge in [-0.25, -0.2) is 4.98 Å². The van der Waals surface area contributed by atoms with Crippen molar-refractivity contribution in [2.45, 2.75) is 38.3 Å². The van der Waals surface area contributed by atoms with Crippen LogP contribution in [0.1, 0.15) is 25.7 Å². The molecule has 0 radical (unpaired) electrons. The Bertz CT molecular complexity index is 588. The van der Waals surface area contributed by atoms with Crippen LogP contribution >= 0.6 is 0 Å². The zero-order valence-corrected chi connectivity index (χ0v) is 11.8. The Morgan fingerprint density at radius 1 is 1.45 bits per heavy atom. The molecule has 0 aliphatic carbocycles. The van der Waals surface area contributed by atoms with Gasteiger partial charge in [0.15, 0.2) is 0 Å². The predicted molar refractivity (Wildman–Crippen MR) is 78.9 cm³/mol. The van der Waals surface area contributed by atoms with Gasteiger partial charge in [0.25, 0.3) is 0 Å². The van der Waals surface area contributed by atoms with E-state index in [1.54, 1.807) is 7.11 Å². The largest absolute Gasteiger partial charge is 0.494 e. The van der Waals surface area contributed by atoms with E-state index in [4.69, 9.17) is 15.2 Å². The maximum absolute atomic E-state index is 6.05. The molecule has 108 valence electrons. The molecule has 3 rings (SSSR count). The van der Waals surface area contributed by atoms with Crippen molar-refractivity contribution >= 4 is 17.0 Å². The number of nitrogens with zero attached hydrogens (tertiary/aromatic N) is 2. The summed E-state index contributed by atoms with van der Waals surface area (Å²) in [7, 11) is 1.65. The second-order valence-corrected chi connectivity index (χ2v) is 5.23. The molecule has 1 saturated heterocycles. The molecule has 2 heterocycles. The minimum Gasteiger partial charge on any atom is -0.494 e. The topological polar surface area (TPSA) is 62.3 Å². The average Bonchev–Trinajstić information content (AvgIpc) is 2.81. The van der Waals surface area contributed by atoms with Gasteiger partial charge in [0, 0.05) is 13.2 Å². The zero-order valence-electron chi connectivity index (χ0n) is 11.8. The second-order valence-electron chi connectivity index (χ2n) is 5.23. The fourth-order valence-corrected chi connectivity index (χ4v) is 2.85. The number of hydrogen-bond acceptors (Lipinski definition) is 4. The monoisotopic (exact) mass is 275 g/mol. The first-order valence-electron chi connectivity index (χ1n) is 7.20. The highest BCUT2D eigenvalue weighted by Gasteiger charge is 2.16. The summed E-state index contributed by atoms with van der Waals surface area (Å²) in [5, 5.41) is 0. The molecule has 1 aromatic heterocycles. The predicted octanol–water partition coefficient (Wildman–Crippen LogP) is 2.59. The average molecular weight is 275 g/mol. The van der Waals surface area contributed by atoms with Crippen LogP contribution in [0.2, 0.25) is 0 Å². The number of para-hydroxylation sites is 1. The summed E-state index contributed by atoms with van der Waals surface area (Å²) in [4.78, 5) is 4.42. The first-order chi connectivity index (χ1) is 9.79. The summed E-state index contributed by atoms with van der Waals surface area (Å²) in [5.74, 6) is 1.31. The fraction of sp³-hybridized carbons (Fsp3) is 0.533. The fourth-order valence-electron chi connectivity index (χ4n) is 2.85. The highest BCUT2D eigenvalue weighted by atomic mass is 16.5. The van der Waals surface area contributed by atoms with Gasteiger partial charge in [-0.1, -0.05) is 6.07 Å². The van der Waals surface area contributed by atoms with Crippen LogP contribution in [0.4, 0.5) is 5.95 Å². The van der Waals surface area contributed by atoms with Crippen molar-refractivity contribution in [2.75, 3.05) is 19.5 Å². The number of hydrogen-bond donors (Lipinski definition) is 1. The van der Waals surface area contributed by atoms with Crippen molar-refractivity contribution < 1.29 is 9.47 Å². The summed E-state index contributed by atoms with van der Waals surface area (Å²) in [6, 6.07) is 5.90. The number of ether oxygens (including phenoxy) is 2. The van der Waals surface area contributed by atoms with E-state index in [-0.39, 0.29) is 0 Å². The number of aromatic nitrogens is 2. The van der Waals surface area contributed by atoms with Crippen molar-refractivity contribution in [3.63, 3.8) is 0 Å². The SMILES string of the molecule is COc1cccc2c1nc(N)n2CCC1CCCCO1. The van der Waals surface area contributed by atoms with Gasteiger partial charge < -0.3 is 19.8 Å². The van der Waals surface area contributed by atoms with Gasteiger partial charge in [-0.2, -0.15) is 0 Å². The lowest BCUT2D eigenvalue weighted by molar-refractivity contribution is 0.00906. The molecule has 5 heteroatoms. The summed E-state index contributed by atoms with van der Waals surface area (Å²) < 4.78 is 13.2. The van der Waals surface area contributed by atoms with Crippen LogP contribution in [0.25, 0.3) is 11.0 Å². The smallest absolute Gasteiger partial charge is 0.201 e. The number of fused-ring (bicyclic) bond motifs is 1. The number of anilines is 1. The number of imidazole rings is 1. The third-order valence-corrected chi connectivity index (χ3v) is 3.94. The molecule has 0 spiro atoms. The number of rotatable bonds is 4. The van der Waals surface area contributed by atoms with Crippen molar-refractivity contribution in [3.8, 4) is 5.75 Å². The molecule has 20 heavy (non-hydrogen) atoms. The first-order valence-corrected chi connectivity index (χ1v) is 7.20. The second kappa shape index (κ2) is 5.71. The van der Waals surface area contributed by atoms with Gasteiger partial charge in [0.05, 0.1) is 18.7 Å². The Labute approximate surface area is 118 Å². The van der Waals surface area contributed by atoms with E-state index in [2.05, 4.69) is 9.55 Å². The minimum absolute atomic E-state index is 0.353. The summed E-state index contributed by atoms with van der Waals surface area (Å²) in [6.07, 6.45) is 4.93. The van der Waals surface area contributed by atoms with Crippen LogP contribution in [0.5, 0.6) is 5.75 Å². The van der Waals surface area contributed by atoms with Gasteiger partial charge >= 0.3 is 0 Å². The van der Waals surface area contributed by atoms with Gasteiger partial charge in [-0.05, 0) is 37.8 Å². The van der Waals surface area contributed by atoms with Crippen LogP contribution in [-0.4, -0.2) is 29.4 Å². The third-order valence-electron chi connectivity index (χ3n) is 3.94. The molecule has 2 N–H and O–H groups in total. The lowest BCUT2D eigenvalue weighted by atomic mass is 10.1. The van der Waals surface area contributed by atoms with E-state index >= 15 is 0 Å². The van der Waals surface area contributed by atoms with E-state index < -0.39 is 0 Å². The molecular weight excluding hydrogens is 254 g/mol. The summed E-state index contributed by atoms with van der Waals surface area (Å²) in [5.41, 5.74) is 7.90. The van der Waals surface area contributed by atoms with Crippen LogP contribution < -0.4 is 10.5 Å². The van der Waals surface area contributed by atoms with Crippen molar-refractivity contribution in [1.29, 1.82) is 0 Å². The van der Waals surface area contributed by atoms with Gasteiger partial charge in [0.2, 0.25) is 5.95 Å². The number of benzene rings is 1. The molecule has 0 amide bonds. The van der Waals surface area contributed by atoms with Crippen molar-refractivity contribution in [1.82, 2.24) is 9.55 Å². The maximum atomic E-state index is 6.05. The van der Waals surface area contributed by atoms with Gasteiger partial charge in [-0.3, -0.25) is 0 Å². The molecule has 1 atom stereocenters. The summed E-state index contributed by atoms with van der Waals surface area (Å²) >= 11 is 0. The Morgan fingerprint density at radius 2 is 2.35 bits per heavy atom. The Balaban J connectivity index is 1.82. The molecular formula is C15H21N3O2.